The van der Waals surface area contributed by atoms with E-state index in [1.54, 1.807) is 0 Å². The van der Waals surface area contributed by atoms with Crippen LogP contribution in [0.1, 0.15) is 134 Å². The molecule has 2 amide bonds. The monoisotopic (exact) mass is 865 g/mol. The fourth-order valence-electron chi connectivity index (χ4n) is 9.78. The van der Waals surface area contributed by atoms with Gasteiger partial charge < -0.3 is 0 Å². The summed E-state index contributed by atoms with van der Waals surface area (Å²) in [5.74, 6) is 1.37. The van der Waals surface area contributed by atoms with E-state index in [9.17, 15) is 9.59 Å². The van der Waals surface area contributed by atoms with E-state index in [-0.39, 0.29) is 0 Å². The number of rotatable bonds is 17. The molecule has 0 bridgehead atoms. The maximum absolute atomic E-state index is 12.7. The Kier molecular flexibility index (Phi) is 13.2. The molecule has 0 aromatic heterocycles. The number of carbonyl (C=O) groups excluding carboxylic acids is 2. The Morgan fingerprint density at radius 3 is 1.32 bits per heavy atom. The zero-order valence-corrected chi connectivity index (χ0v) is 38.3. The van der Waals surface area contributed by atoms with Gasteiger partial charge in [-0.1, -0.05) is 0 Å². The number of hydrogen-bond acceptors (Lipinski definition) is 2. The summed E-state index contributed by atoms with van der Waals surface area (Å²) in [6.45, 7) is 18.0. The minimum absolute atomic E-state index is 0.308. The first-order chi connectivity index (χ1) is 26.8. The van der Waals surface area contributed by atoms with Gasteiger partial charge >= 0.3 is 346 Å². The number of fused-ring (bicyclic) bond motifs is 2. The molecule has 4 aromatic rings. The molecule has 56 heavy (non-hydrogen) atoms. The molecule has 2 aliphatic carbocycles. The van der Waals surface area contributed by atoms with Gasteiger partial charge in [0.1, 0.15) is 0 Å². The van der Waals surface area contributed by atoms with Crippen molar-refractivity contribution in [2.24, 2.45) is 11.8 Å². The molecule has 8 heteroatoms. The topological polar surface area (TPSA) is 58.2 Å². The predicted molar refractivity (Wildman–Crippen MR) is 237 cm³/mol. The van der Waals surface area contributed by atoms with Crippen molar-refractivity contribution in [1.82, 2.24) is 10.5 Å². The number of carbonyl (C=O) groups is 2. The summed E-state index contributed by atoms with van der Waals surface area (Å²) < 4.78 is -1.76. The number of allylic oxidation sites excluding steroid dienone is 2. The van der Waals surface area contributed by atoms with Gasteiger partial charge in [0.15, 0.2) is 0 Å². The van der Waals surface area contributed by atoms with Crippen molar-refractivity contribution in [2.75, 3.05) is 0 Å². The third-order valence-electron chi connectivity index (χ3n) is 12.5. The molecule has 0 heterocycles. The Hall–Kier alpha value is -3.17. The number of amides is 2. The molecule has 0 radical (unpaired) electrons. The van der Waals surface area contributed by atoms with Gasteiger partial charge in [-0.05, 0) is 0 Å². The number of nitrogens with one attached hydrogen (secondary N) is 2. The maximum atomic E-state index is 12.7. The van der Waals surface area contributed by atoms with E-state index in [0.29, 0.717) is 36.5 Å². The second-order valence-corrected chi connectivity index (χ2v) is 38.6. The summed E-state index contributed by atoms with van der Waals surface area (Å²) >= 11 is -5.95. The third-order valence-corrected chi connectivity index (χ3v) is 32.6. The summed E-state index contributed by atoms with van der Waals surface area (Å²) in [6, 6.07) is 30.5. The average molecular weight is 868 g/mol. The van der Waals surface area contributed by atoms with Crippen molar-refractivity contribution in [1.29, 1.82) is 0 Å². The van der Waals surface area contributed by atoms with Crippen LogP contribution in [-0.2, 0) is 25.8 Å². The normalized spacial score (nSPS) is 18.0. The molecule has 0 spiro atoms. The van der Waals surface area contributed by atoms with E-state index in [1.807, 2.05) is 0 Å². The van der Waals surface area contributed by atoms with Gasteiger partial charge in [0.2, 0.25) is 0 Å². The molecule has 0 aliphatic heterocycles. The van der Waals surface area contributed by atoms with Gasteiger partial charge in [-0.2, -0.15) is 0 Å². The fourth-order valence-corrected chi connectivity index (χ4v) is 30.4. The Balaban J connectivity index is 1.69. The van der Waals surface area contributed by atoms with Crippen LogP contribution in [0.15, 0.2) is 96.1 Å². The van der Waals surface area contributed by atoms with Crippen molar-refractivity contribution in [3.05, 3.63) is 129 Å². The molecule has 293 valence electrons. The number of hydrogen-bond donors (Lipinski definition) is 2. The molecule has 4 nitrogen and oxygen atoms in total. The number of halogens is 2. The van der Waals surface area contributed by atoms with Crippen molar-refractivity contribution in [3.63, 3.8) is 0 Å². The first-order valence-corrected chi connectivity index (χ1v) is 31.2. The van der Waals surface area contributed by atoms with E-state index in [4.69, 9.17) is 17.0 Å². The average Bonchev–Trinajstić information content (AvgIpc) is 3.75. The van der Waals surface area contributed by atoms with Gasteiger partial charge in [-0.15, -0.1) is 0 Å². The second-order valence-electron chi connectivity index (χ2n) is 17.1. The van der Waals surface area contributed by atoms with Gasteiger partial charge in [-0.25, -0.2) is 0 Å². The SMILES string of the molecule is CCC(C)c1ccccc1-c1cccc2c1C=C(CC(C)C)[CH]2[Zr]([Cl])([Cl])([B](NC=O)NC=O)[CH]1C(CC(C)C)=Cc2c(-c3ccccc3C(C)CC)cccc21. The van der Waals surface area contributed by atoms with Crippen LogP contribution in [0.25, 0.3) is 34.4 Å². The van der Waals surface area contributed by atoms with Crippen molar-refractivity contribution in [2.45, 2.75) is 100 Å². The van der Waals surface area contributed by atoms with E-state index < -0.39 is 27.9 Å². The van der Waals surface area contributed by atoms with Crippen LogP contribution in [0.2, 0.25) is 0 Å². The van der Waals surface area contributed by atoms with Crippen LogP contribution in [0.3, 0.4) is 0 Å². The molecule has 2 N–H and O–H groups in total. The van der Waals surface area contributed by atoms with Gasteiger partial charge in [0.05, 0.1) is 0 Å². The van der Waals surface area contributed by atoms with Crippen LogP contribution in [0.4, 0.5) is 0 Å². The van der Waals surface area contributed by atoms with Crippen LogP contribution >= 0.6 is 17.0 Å². The van der Waals surface area contributed by atoms with Crippen LogP contribution in [0, 0.1) is 11.8 Å². The third kappa shape index (κ3) is 7.60. The Labute approximate surface area is 344 Å². The summed E-state index contributed by atoms with van der Waals surface area (Å²) in [6.07, 6.45) is 9.60. The second kappa shape index (κ2) is 17.4. The summed E-state index contributed by atoms with van der Waals surface area (Å²) in [5.41, 5.74) is 14.1. The van der Waals surface area contributed by atoms with Crippen LogP contribution in [0.5, 0.6) is 0 Å². The van der Waals surface area contributed by atoms with Crippen LogP contribution in [-0.4, -0.2) is 17.3 Å². The van der Waals surface area contributed by atoms with E-state index >= 15 is 0 Å². The molecule has 6 rings (SSSR count). The van der Waals surface area contributed by atoms with E-state index in [2.05, 4.69) is 163 Å². The molecule has 2 aliphatic rings. The summed E-state index contributed by atoms with van der Waals surface area (Å²) in [7, 11) is 17.6. The van der Waals surface area contributed by atoms with E-state index in [0.717, 1.165) is 59.1 Å². The van der Waals surface area contributed by atoms with Gasteiger partial charge in [0, 0.05) is 0 Å². The molecule has 4 unspecified atom stereocenters. The number of benzene rings is 4. The zero-order chi connectivity index (χ0) is 40.4. The summed E-state index contributed by atoms with van der Waals surface area (Å²) in [5, 5.41) is 6.07. The minimum atomic E-state index is -5.95. The Morgan fingerprint density at radius 2 is 0.964 bits per heavy atom. The predicted octanol–water partition coefficient (Wildman–Crippen LogP) is 13.2. The molecule has 0 saturated carbocycles. The van der Waals surface area contributed by atoms with Crippen LogP contribution < -0.4 is 10.5 Å². The zero-order valence-electron chi connectivity index (χ0n) is 34.3. The molecular weight excluding hydrogens is 809 g/mol. The van der Waals surface area contributed by atoms with Crippen molar-refractivity contribution >= 4 is 46.5 Å². The standard InChI is InChI=1S/2C23H27.C2H3BN2O2.2ClH.Zr/c2*1-5-17(4)20-10-6-7-11-21(20)22-12-8-9-19-14-18(13-16(2)3)15-23(19)22;6-1-4-3-5-2-7;;;/h2*6-12,14-17H,5,13H2,1-4H3;1-2H,(H-,4,5,6,7);2*1H;/q;;;;;+1/p-1. The molecule has 0 saturated heterocycles. The molecule has 0 fully saturated rings. The Morgan fingerprint density at radius 1 is 0.589 bits per heavy atom. The first-order valence-electron chi connectivity index (χ1n) is 20.6. The van der Waals surface area contributed by atoms with Gasteiger partial charge in [0.25, 0.3) is 0 Å². The fraction of sp³-hybridized carbons (Fsp3) is 0.375. The first kappa shape index (κ1) is 42.4. The molecular formula is C48H58BCl2N2O2Zr. The van der Waals surface area contributed by atoms with Gasteiger partial charge in [-0.3, -0.25) is 0 Å². The quantitative estimate of drug-likeness (QED) is 0.0820. The Bertz CT molecular complexity index is 2010. The van der Waals surface area contributed by atoms with E-state index in [1.165, 1.54) is 33.4 Å². The van der Waals surface area contributed by atoms with Crippen molar-refractivity contribution < 1.29 is 25.8 Å². The van der Waals surface area contributed by atoms with Crippen molar-refractivity contribution in [3.8, 4) is 22.3 Å². The molecule has 4 aromatic carbocycles. The molecule has 4 atom stereocenters. The summed E-state index contributed by atoms with van der Waals surface area (Å²) in [4.78, 5) is 25.4.